The molecule has 0 unspecified atom stereocenters. The molecule has 0 bridgehead atoms. The van der Waals surface area contributed by atoms with Crippen LogP contribution in [0.4, 0.5) is 0 Å². The molecule has 96 valence electrons. The molecule has 1 aromatic carbocycles. The lowest BCUT2D eigenvalue weighted by Crippen LogP contribution is -2.14. The minimum atomic E-state index is -0.835. The predicted octanol–water partition coefficient (Wildman–Crippen LogP) is 2.33. The molecule has 0 atom stereocenters. The van der Waals surface area contributed by atoms with Gasteiger partial charge >= 0.3 is 5.97 Å². The van der Waals surface area contributed by atoms with Crippen molar-refractivity contribution in [1.29, 1.82) is 0 Å². The zero-order chi connectivity index (χ0) is 13.9. The fraction of sp³-hybridized carbons (Fsp3) is 0.286. The van der Waals surface area contributed by atoms with Crippen molar-refractivity contribution in [2.75, 3.05) is 7.11 Å². The number of methoxy groups -OCH3 is 1. The number of rotatable bonds is 3. The van der Waals surface area contributed by atoms with Crippen LogP contribution in [0, 0.1) is 13.8 Å². The Labute approximate surface area is 106 Å². The van der Waals surface area contributed by atoms with Gasteiger partial charge in [0.15, 0.2) is 5.78 Å². The highest BCUT2D eigenvalue weighted by atomic mass is 16.5. The van der Waals surface area contributed by atoms with Crippen molar-refractivity contribution < 1.29 is 19.4 Å². The molecular formula is C14H16O4. The molecule has 0 radical (unpaired) electrons. The fourth-order valence-electron chi connectivity index (χ4n) is 1.54. The highest BCUT2D eigenvalue weighted by molar-refractivity contribution is 6.21. The maximum absolute atomic E-state index is 11.5. The molecule has 1 rings (SSSR count). The van der Waals surface area contributed by atoms with E-state index in [1.807, 2.05) is 19.9 Å². The van der Waals surface area contributed by atoms with E-state index in [4.69, 9.17) is 0 Å². The lowest BCUT2D eigenvalue weighted by Gasteiger charge is -2.08. The molecular weight excluding hydrogens is 232 g/mol. The first kappa shape index (κ1) is 14.0. The van der Waals surface area contributed by atoms with Gasteiger partial charge in [-0.25, -0.2) is 4.79 Å². The quantitative estimate of drug-likeness (QED) is 0.293. The molecule has 0 aliphatic heterocycles. The number of ketones is 1. The number of hydrogen-bond donors (Lipinski definition) is 1. The summed E-state index contributed by atoms with van der Waals surface area (Å²) < 4.78 is 4.49. The zero-order valence-electron chi connectivity index (χ0n) is 10.9. The van der Waals surface area contributed by atoms with Crippen LogP contribution in [0.2, 0.25) is 0 Å². The second-order valence-electron chi connectivity index (χ2n) is 4.07. The van der Waals surface area contributed by atoms with Gasteiger partial charge in [-0.05, 0) is 38.0 Å². The van der Waals surface area contributed by atoms with Gasteiger partial charge in [-0.2, -0.15) is 0 Å². The first-order chi connectivity index (χ1) is 8.38. The Kier molecular flexibility index (Phi) is 4.26. The second-order valence-corrected chi connectivity index (χ2v) is 4.07. The molecule has 0 spiro atoms. The SMILES string of the molecule is COC(=O)/C(C(C)=O)=C(\O)c1ccc(C)c(C)c1. The van der Waals surface area contributed by atoms with Gasteiger partial charge in [0.25, 0.3) is 0 Å². The third-order valence-corrected chi connectivity index (χ3v) is 2.76. The summed E-state index contributed by atoms with van der Waals surface area (Å²) in [6, 6.07) is 5.19. The number of aliphatic hydroxyl groups excluding tert-OH is 1. The number of esters is 1. The summed E-state index contributed by atoms with van der Waals surface area (Å²) in [5.41, 5.74) is 2.12. The van der Waals surface area contributed by atoms with Gasteiger partial charge in [0.05, 0.1) is 7.11 Å². The number of Topliss-reactive ketones (excluding diaryl/α,β-unsaturated/α-hetero) is 1. The summed E-state index contributed by atoms with van der Waals surface area (Å²) in [6.45, 7) is 5.04. The number of carbonyl (C=O) groups excluding carboxylic acids is 2. The molecule has 18 heavy (non-hydrogen) atoms. The maximum atomic E-state index is 11.5. The van der Waals surface area contributed by atoms with Crippen molar-refractivity contribution >= 4 is 17.5 Å². The van der Waals surface area contributed by atoms with Crippen molar-refractivity contribution in [1.82, 2.24) is 0 Å². The molecule has 0 aliphatic carbocycles. The molecule has 0 aromatic heterocycles. The van der Waals surface area contributed by atoms with E-state index in [9.17, 15) is 14.7 Å². The molecule has 4 nitrogen and oxygen atoms in total. The summed E-state index contributed by atoms with van der Waals surface area (Å²) >= 11 is 0. The Hall–Kier alpha value is -2.10. The normalized spacial score (nSPS) is 11.8. The van der Waals surface area contributed by atoms with Gasteiger partial charge in [0.1, 0.15) is 11.3 Å². The largest absolute Gasteiger partial charge is 0.506 e. The highest BCUT2D eigenvalue weighted by Crippen LogP contribution is 2.20. The Bertz CT molecular complexity index is 527. The van der Waals surface area contributed by atoms with E-state index in [0.29, 0.717) is 5.56 Å². The topological polar surface area (TPSA) is 63.6 Å². The molecule has 0 saturated heterocycles. The van der Waals surface area contributed by atoms with Gasteiger partial charge in [-0.15, -0.1) is 0 Å². The van der Waals surface area contributed by atoms with Gasteiger partial charge in [-0.3, -0.25) is 4.79 Å². The van der Waals surface area contributed by atoms with E-state index in [-0.39, 0.29) is 11.3 Å². The van der Waals surface area contributed by atoms with Crippen molar-refractivity contribution in [2.45, 2.75) is 20.8 Å². The van der Waals surface area contributed by atoms with Crippen molar-refractivity contribution in [3.8, 4) is 0 Å². The van der Waals surface area contributed by atoms with Gasteiger partial charge < -0.3 is 9.84 Å². The Morgan fingerprint density at radius 1 is 1.17 bits per heavy atom. The summed E-state index contributed by atoms with van der Waals surface area (Å²) in [6.07, 6.45) is 0. The molecule has 0 fully saturated rings. The molecule has 1 aromatic rings. The number of ether oxygens (including phenoxy) is 1. The summed E-state index contributed by atoms with van der Waals surface area (Å²) in [7, 11) is 1.17. The zero-order valence-corrected chi connectivity index (χ0v) is 10.9. The van der Waals surface area contributed by atoms with Gasteiger partial charge in [0, 0.05) is 5.56 Å². The minimum Gasteiger partial charge on any atom is -0.506 e. The lowest BCUT2D eigenvalue weighted by molar-refractivity contribution is -0.137. The van der Waals surface area contributed by atoms with Gasteiger partial charge in [-0.1, -0.05) is 12.1 Å². The van der Waals surface area contributed by atoms with Crippen LogP contribution in [0.1, 0.15) is 23.6 Å². The second kappa shape index (κ2) is 5.49. The number of hydrogen-bond acceptors (Lipinski definition) is 4. The van der Waals surface area contributed by atoms with Crippen LogP contribution in [0.15, 0.2) is 23.8 Å². The fourth-order valence-corrected chi connectivity index (χ4v) is 1.54. The Morgan fingerprint density at radius 3 is 2.22 bits per heavy atom. The first-order valence-electron chi connectivity index (χ1n) is 5.48. The third kappa shape index (κ3) is 2.77. The van der Waals surface area contributed by atoms with Crippen molar-refractivity contribution in [3.63, 3.8) is 0 Å². The monoisotopic (exact) mass is 248 g/mol. The number of aryl methyl sites for hydroxylation is 2. The smallest absolute Gasteiger partial charge is 0.345 e. The molecule has 1 N–H and O–H groups in total. The van der Waals surface area contributed by atoms with Crippen LogP contribution in [0.3, 0.4) is 0 Å². The predicted molar refractivity (Wildman–Crippen MR) is 68.2 cm³/mol. The molecule has 0 heterocycles. The Morgan fingerprint density at radius 2 is 1.78 bits per heavy atom. The van der Waals surface area contributed by atoms with E-state index in [0.717, 1.165) is 11.1 Å². The molecule has 0 amide bonds. The first-order valence-corrected chi connectivity index (χ1v) is 5.48. The number of benzene rings is 1. The van der Waals surface area contributed by atoms with Crippen molar-refractivity contribution in [3.05, 3.63) is 40.5 Å². The van der Waals surface area contributed by atoms with Crippen LogP contribution in [0.25, 0.3) is 5.76 Å². The molecule has 4 heteroatoms. The lowest BCUT2D eigenvalue weighted by atomic mass is 10.0. The van der Waals surface area contributed by atoms with E-state index in [2.05, 4.69) is 4.74 Å². The number of carbonyl (C=O) groups is 2. The minimum absolute atomic E-state index is 0.333. The summed E-state index contributed by atoms with van der Waals surface area (Å²) in [4.78, 5) is 22.9. The average molecular weight is 248 g/mol. The van der Waals surface area contributed by atoms with Crippen molar-refractivity contribution in [2.24, 2.45) is 0 Å². The standard InChI is InChI=1S/C14H16O4/c1-8-5-6-11(7-9(8)2)13(16)12(10(3)15)14(17)18-4/h5-7,16H,1-4H3/b13-12-. The van der Waals surface area contributed by atoms with Crippen LogP contribution < -0.4 is 0 Å². The summed E-state index contributed by atoms with van der Waals surface area (Å²) in [5, 5.41) is 10.0. The Balaban J connectivity index is 3.38. The molecule has 0 saturated carbocycles. The highest BCUT2D eigenvalue weighted by Gasteiger charge is 2.21. The van der Waals surface area contributed by atoms with Crippen LogP contribution in [0.5, 0.6) is 0 Å². The van der Waals surface area contributed by atoms with E-state index >= 15 is 0 Å². The van der Waals surface area contributed by atoms with Crippen LogP contribution >= 0.6 is 0 Å². The van der Waals surface area contributed by atoms with Crippen LogP contribution in [-0.4, -0.2) is 24.0 Å². The molecule has 0 aliphatic rings. The maximum Gasteiger partial charge on any atom is 0.345 e. The van der Waals surface area contributed by atoms with E-state index in [1.165, 1.54) is 14.0 Å². The van der Waals surface area contributed by atoms with Crippen LogP contribution in [-0.2, 0) is 14.3 Å². The van der Waals surface area contributed by atoms with Gasteiger partial charge in [0.2, 0.25) is 0 Å². The van der Waals surface area contributed by atoms with E-state index in [1.54, 1.807) is 12.1 Å². The van der Waals surface area contributed by atoms with E-state index < -0.39 is 11.8 Å². The average Bonchev–Trinajstić information content (AvgIpc) is 2.32. The summed E-state index contributed by atoms with van der Waals surface area (Å²) in [5.74, 6) is -1.71. The third-order valence-electron chi connectivity index (χ3n) is 2.76. The number of aliphatic hydroxyl groups is 1.